The average molecular weight is 389 g/mol. The maximum absolute atomic E-state index is 12.6. The molecule has 0 aromatic heterocycles. The summed E-state index contributed by atoms with van der Waals surface area (Å²) in [5, 5.41) is 2.49. The Labute approximate surface area is 167 Å². The van der Waals surface area contributed by atoms with Crippen LogP contribution in [-0.2, 0) is 20.7 Å². The van der Waals surface area contributed by atoms with Gasteiger partial charge in [-0.05, 0) is 39.7 Å². The van der Waals surface area contributed by atoms with E-state index >= 15 is 0 Å². The molecule has 0 saturated carbocycles. The van der Waals surface area contributed by atoms with Crippen LogP contribution in [0, 0.1) is 6.92 Å². The molecule has 1 N–H and O–H groups in total. The monoisotopic (exact) mass is 389 g/mol. The summed E-state index contributed by atoms with van der Waals surface area (Å²) in [6.07, 6.45) is 0.484. The molecule has 1 aliphatic rings. The molecule has 0 aliphatic carbocycles. The van der Waals surface area contributed by atoms with Crippen LogP contribution in [0.5, 0.6) is 0 Å². The highest BCUT2D eigenvalue weighted by atomic mass is 16.6. The molecule has 154 valence electrons. The summed E-state index contributed by atoms with van der Waals surface area (Å²) in [6.45, 7) is 9.40. The first kappa shape index (κ1) is 21.7. The van der Waals surface area contributed by atoms with Gasteiger partial charge in [-0.3, -0.25) is 9.59 Å². The molecule has 2 rings (SSSR count). The molecule has 0 unspecified atom stereocenters. The van der Waals surface area contributed by atoms with Crippen molar-refractivity contribution in [3.05, 3.63) is 35.4 Å². The van der Waals surface area contributed by atoms with Crippen LogP contribution in [0.4, 0.5) is 4.79 Å². The Hall–Kier alpha value is -2.57. The minimum absolute atomic E-state index is 0.0741. The zero-order valence-electron chi connectivity index (χ0n) is 17.3. The fourth-order valence-corrected chi connectivity index (χ4v) is 2.98. The van der Waals surface area contributed by atoms with Gasteiger partial charge in [0.15, 0.2) is 0 Å². The number of benzene rings is 1. The fraction of sp³-hybridized carbons (Fsp3) is 0.571. The Morgan fingerprint density at radius 1 is 0.964 bits per heavy atom. The van der Waals surface area contributed by atoms with Gasteiger partial charge in [-0.1, -0.05) is 29.8 Å². The van der Waals surface area contributed by atoms with Crippen LogP contribution < -0.4 is 5.32 Å². The molecular weight excluding hydrogens is 358 g/mol. The Balaban J connectivity index is 1.80. The van der Waals surface area contributed by atoms with Gasteiger partial charge in [0, 0.05) is 26.2 Å². The van der Waals surface area contributed by atoms with Gasteiger partial charge >= 0.3 is 6.09 Å². The molecule has 1 heterocycles. The molecule has 0 atom stereocenters. The van der Waals surface area contributed by atoms with Gasteiger partial charge in [0.2, 0.25) is 11.8 Å². The number of carbonyl (C=O) groups excluding carboxylic acids is 3. The second-order valence-corrected chi connectivity index (χ2v) is 8.13. The summed E-state index contributed by atoms with van der Waals surface area (Å²) < 4.78 is 5.14. The number of hydrogen-bond donors (Lipinski definition) is 1. The van der Waals surface area contributed by atoms with E-state index in [0.29, 0.717) is 32.6 Å². The van der Waals surface area contributed by atoms with Crippen LogP contribution in [0.25, 0.3) is 0 Å². The largest absolute Gasteiger partial charge is 0.444 e. The normalized spacial score (nSPS) is 15.0. The standard InChI is InChI=1S/C21H31N3O4/c1-16-6-8-17(9-7-16)14-18(25)23-10-5-11-24(13-12-23)19(26)15-22-20(27)28-21(2,3)4/h6-9H,5,10-15H2,1-4H3,(H,22,27). The lowest BCUT2D eigenvalue weighted by atomic mass is 10.1. The van der Waals surface area contributed by atoms with Crippen LogP contribution in [0.15, 0.2) is 24.3 Å². The maximum Gasteiger partial charge on any atom is 0.408 e. The number of nitrogens with zero attached hydrogens (tertiary/aromatic N) is 2. The quantitative estimate of drug-likeness (QED) is 0.856. The SMILES string of the molecule is Cc1ccc(CC(=O)N2CCCN(C(=O)CNC(=O)OC(C)(C)C)CC2)cc1. The van der Waals surface area contributed by atoms with Crippen molar-refractivity contribution in [1.82, 2.24) is 15.1 Å². The zero-order valence-corrected chi connectivity index (χ0v) is 17.3. The molecule has 7 heteroatoms. The third kappa shape index (κ3) is 7.21. The first-order valence-electron chi connectivity index (χ1n) is 9.72. The maximum atomic E-state index is 12.6. The topological polar surface area (TPSA) is 79.0 Å². The Bertz CT molecular complexity index is 695. The Morgan fingerprint density at radius 3 is 2.11 bits per heavy atom. The molecule has 0 radical (unpaired) electrons. The third-order valence-corrected chi connectivity index (χ3v) is 4.46. The minimum atomic E-state index is -0.606. The molecule has 0 bridgehead atoms. The third-order valence-electron chi connectivity index (χ3n) is 4.46. The number of hydrogen-bond acceptors (Lipinski definition) is 4. The van der Waals surface area contributed by atoms with Gasteiger partial charge in [-0.2, -0.15) is 0 Å². The summed E-state index contributed by atoms with van der Waals surface area (Å²) in [5.41, 5.74) is 1.56. The van der Waals surface area contributed by atoms with E-state index in [1.807, 2.05) is 36.1 Å². The summed E-state index contributed by atoms with van der Waals surface area (Å²) in [6, 6.07) is 7.96. The molecule has 1 fully saturated rings. The highest BCUT2D eigenvalue weighted by molar-refractivity contribution is 5.82. The number of carbonyl (C=O) groups is 3. The van der Waals surface area contributed by atoms with Crippen molar-refractivity contribution in [3.63, 3.8) is 0 Å². The van der Waals surface area contributed by atoms with Gasteiger partial charge < -0.3 is 19.9 Å². The van der Waals surface area contributed by atoms with Crippen molar-refractivity contribution in [2.24, 2.45) is 0 Å². The van der Waals surface area contributed by atoms with Crippen LogP contribution in [0.2, 0.25) is 0 Å². The zero-order chi connectivity index (χ0) is 20.7. The number of alkyl carbamates (subject to hydrolysis) is 1. The number of aryl methyl sites for hydroxylation is 1. The van der Waals surface area contributed by atoms with E-state index in [1.165, 1.54) is 5.56 Å². The first-order chi connectivity index (χ1) is 13.1. The molecule has 1 aromatic carbocycles. The highest BCUT2D eigenvalue weighted by Gasteiger charge is 2.23. The lowest BCUT2D eigenvalue weighted by molar-refractivity contribution is -0.132. The smallest absolute Gasteiger partial charge is 0.408 e. The van der Waals surface area contributed by atoms with E-state index in [2.05, 4.69) is 5.32 Å². The molecule has 1 aromatic rings. The van der Waals surface area contributed by atoms with Gasteiger partial charge in [0.25, 0.3) is 0 Å². The Morgan fingerprint density at radius 2 is 1.54 bits per heavy atom. The van der Waals surface area contributed by atoms with E-state index in [4.69, 9.17) is 4.74 Å². The van der Waals surface area contributed by atoms with Crippen molar-refractivity contribution in [3.8, 4) is 0 Å². The predicted molar refractivity (Wildman–Crippen MR) is 107 cm³/mol. The summed E-state index contributed by atoms with van der Waals surface area (Å²) in [4.78, 5) is 40.1. The van der Waals surface area contributed by atoms with Crippen LogP contribution in [0.3, 0.4) is 0 Å². The number of amides is 3. The molecule has 0 spiro atoms. The van der Waals surface area contributed by atoms with Crippen molar-refractivity contribution < 1.29 is 19.1 Å². The molecule has 28 heavy (non-hydrogen) atoms. The number of rotatable bonds is 4. The lowest BCUT2D eigenvalue weighted by Crippen LogP contribution is -2.43. The minimum Gasteiger partial charge on any atom is -0.444 e. The summed E-state index contributed by atoms with van der Waals surface area (Å²) in [5.74, 6) is -0.0938. The van der Waals surface area contributed by atoms with Crippen LogP contribution in [-0.4, -0.2) is 66.0 Å². The van der Waals surface area contributed by atoms with Gasteiger partial charge in [0.05, 0.1) is 6.42 Å². The number of ether oxygens (including phenoxy) is 1. The van der Waals surface area contributed by atoms with Crippen molar-refractivity contribution in [1.29, 1.82) is 0 Å². The second kappa shape index (κ2) is 9.57. The lowest BCUT2D eigenvalue weighted by Gasteiger charge is -2.23. The van der Waals surface area contributed by atoms with Gasteiger partial charge in [-0.15, -0.1) is 0 Å². The van der Waals surface area contributed by atoms with Crippen molar-refractivity contribution in [2.45, 2.75) is 46.1 Å². The predicted octanol–water partition coefficient (Wildman–Crippen LogP) is 2.12. The van der Waals surface area contributed by atoms with E-state index in [9.17, 15) is 14.4 Å². The van der Waals surface area contributed by atoms with Crippen molar-refractivity contribution in [2.75, 3.05) is 32.7 Å². The molecule has 3 amide bonds. The summed E-state index contributed by atoms with van der Waals surface area (Å²) in [7, 11) is 0. The van der Waals surface area contributed by atoms with E-state index in [1.54, 1.807) is 25.7 Å². The molecular formula is C21H31N3O4. The average Bonchev–Trinajstić information content (AvgIpc) is 2.86. The van der Waals surface area contributed by atoms with Crippen LogP contribution in [0.1, 0.15) is 38.3 Å². The second-order valence-electron chi connectivity index (χ2n) is 8.13. The highest BCUT2D eigenvalue weighted by Crippen LogP contribution is 2.10. The van der Waals surface area contributed by atoms with E-state index in [0.717, 1.165) is 12.0 Å². The van der Waals surface area contributed by atoms with Crippen molar-refractivity contribution >= 4 is 17.9 Å². The number of nitrogens with one attached hydrogen (secondary N) is 1. The fourth-order valence-electron chi connectivity index (χ4n) is 2.98. The Kier molecular flexibility index (Phi) is 7.43. The molecule has 1 aliphatic heterocycles. The summed E-state index contributed by atoms with van der Waals surface area (Å²) >= 11 is 0. The van der Waals surface area contributed by atoms with Gasteiger partial charge in [-0.25, -0.2) is 4.79 Å². The molecule has 1 saturated heterocycles. The van der Waals surface area contributed by atoms with Gasteiger partial charge in [0.1, 0.15) is 12.1 Å². The van der Waals surface area contributed by atoms with E-state index < -0.39 is 11.7 Å². The van der Waals surface area contributed by atoms with E-state index in [-0.39, 0.29) is 18.4 Å². The van der Waals surface area contributed by atoms with Crippen LogP contribution >= 0.6 is 0 Å². The molecule has 7 nitrogen and oxygen atoms in total. The first-order valence-corrected chi connectivity index (χ1v) is 9.72.